The van der Waals surface area contributed by atoms with Crippen LogP contribution in [0.2, 0.25) is 5.02 Å². The van der Waals surface area contributed by atoms with E-state index in [9.17, 15) is 13.2 Å². The van der Waals surface area contributed by atoms with Crippen LogP contribution in [-0.4, -0.2) is 36.8 Å². The second kappa shape index (κ2) is 8.54. The van der Waals surface area contributed by atoms with Crippen LogP contribution in [0.5, 0.6) is 0 Å². The summed E-state index contributed by atoms with van der Waals surface area (Å²) in [4.78, 5) is 12.6. The summed E-state index contributed by atoms with van der Waals surface area (Å²) in [6.07, 6.45) is 0.627. The van der Waals surface area contributed by atoms with E-state index in [1.165, 1.54) is 45.6 Å². The number of hydrogen-bond donors (Lipinski definition) is 1. The molecule has 3 aromatic rings. The number of anilines is 2. The van der Waals surface area contributed by atoms with Crippen molar-refractivity contribution in [2.24, 2.45) is 0 Å². The molecular formula is C19H17ClN4O3S3. The van der Waals surface area contributed by atoms with Crippen molar-refractivity contribution in [1.29, 1.82) is 0 Å². The lowest BCUT2D eigenvalue weighted by atomic mass is 10.2. The van der Waals surface area contributed by atoms with Crippen molar-refractivity contribution in [3.8, 4) is 0 Å². The summed E-state index contributed by atoms with van der Waals surface area (Å²) < 4.78 is 28.7. The number of fused-ring (bicyclic) bond motifs is 1. The summed E-state index contributed by atoms with van der Waals surface area (Å²) in [5, 5.41) is 11.0. The van der Waals surface area contributed by atoms with Crippen LogP contribution < -0.4 is 9.62 Å². The number of carbonyl (C=O) groups is 1. The topological polar surface area (TPSA) is 92.3 Å². The first-order valence-electron chi connectivity index (χ1n) is 9.08. The number of sulfonamides is 1. The monoisotopic (exact) mass is 480 g/mol. The molecular weight excluding hydrogens is 464 g/mol. The van der Waals surface area contributed by atoms with Crippen LogP contribution in [0.25, 0.3) is 0 Å². The van der Waals surface area contributed by atoms with Crippen LogP contribution in [0.1, 0.15) is 22.8 Å². The molecule has 0 bridgehead atoms. The van der Waals surface area contributed by atoms with Gasteiger partial charge in [0.1, 0.15) is 4.90 Å². The lowest BCUT2D eigenvalue weighted by Gasteiger charge is -2.20. The molecule has 0 saturated carbocycles. The Bertz CT molecular complexity index is 1210. The Kier molecular flexibility index (Phi) is 6.01. The van der Waals surface area contributed by atoms with Crippen LogP contribution in [0.4, 0.5) is 10.8 Å². The zero-order valence-corrected chi connectivity index (χ0v) is 19.0. The molecule has 1 aliphatic rings. The maximum atomic E-state index is 13.3. The van der Waals surface area contributed by atoms with E-state index >= 15 is 0 Å². The quantitative estimate of drug-likeness (QED) is 0.417. The van der Waals surface area contributed by atoms with Gasteiger partial charge >= 0.3 is 0 Å². The van der Waals surface area contributed by atoms with Crippen molar-refractivity contribution in [2.75, 3.05) is 21.9 Å². The number of nitrogens with one attached hydrogen (secondary N) is 1. The number of nitrogens with zero attached hydrogens (tertiary/aromatic N) is 3. The minimum Gasteiger partial charge on any atom is -0.296 e. The van der Waals surface area contributed by atoms with E-state index in [0.717, 1.165) is 15.7 Å². The van der Waals surface area contributed by atoms with E-state index in [-0.39, 0.29) is 15.5 Å². The molecule has 0 saturated heterocycles. The molecule has 30 heavy (non-hydrogen) atoms. The third kappa shape index (κ3) is 4.04. The second-order valence-electron chi connectivity index (χ2n) is 6.36. The van der Waals surface area contributed by atoms with Gasteiger partial charge in [-0.05, 0) is 42.0 Å². The Morgan fingerprint density at radius 1 is 1.27 bits per heavy atom. The highest BCUT2D eigenvalue weighted by atomic mass is 35.5. The highest BCUT2D eigenvalue weighted by Gasteiger charge is 2.32. The van der Waals surface area contributed by atoms with Crippen molar-refractivity contribution < 1.29 is 13.2 Å². The van der Waals surface area contributed by atoms with Crippen LogP contribution in [0.15, 0.2) is 51.7 Å². The molecule has 0 fully saturated rings. The van der Waals surface area contributed by atoms with Crippen LogP contribution in [0.3, 0.4) is 0 Å². The van der Waals surface area contributed by atoms with Gasteiger partial charge < -0.3 is 0 Å². The zero-order chi connectivity index (χ0) is 21.3. The van der Waals surface area contributed by atoms with E-state index < -0.39 is 15.9 Å². The van der Waals surface area contributed by atoms with Crippen LogP contribution in [0, 0.1) is 0 Å². The van der Waals surface area contributed by atoms with Gasteiger partial charge in [0, 0.05) is 12.1 Å². The maximum Gasteiger partial charge on any atom is 0.265 e. The van der Waals surface area contributed by atoms with E-state index in [1.54, 1.807) is 12.1 Å². The molecule has 2 heterocycles. The number of aromatic nitrogens is 2. The van der Waals surface area contributed by atoms with Crippen molar-refractivity contribution in [2.45, 2.75) is 22.6 Å². The fraction of sp³-hybridized carbons (Fsp3) is 0.211. The number of carbonyl (C=O) groups excluding carboxylic acids is 1. The minimum atomic E-state index is -3.92. The lowest BCUT2D eigenvalue weighted by molar-refractivity contribution is 0.102. The molecule has 1 aliphatic heterocycles. The molecule has 4 rings (SSSR count). The van der Waals surface area contributed by atoms with E-state index in [1.807, 2.05) is 19.1 Å². The molecule has 0 spiro atoms. The van der Waals surface area contributed by atoms with Gasteiger partial charge in [-0.3, -0.25) is 14.4 Å². The van der Waals surface area contributed by atoms with Gasteiger partial charge in [0.2, 0.25) is 5.13 Å². The third-order valence-corrected chi connectivity index (χ3v) is 8.65. The summed E-state index contributed by atoms with van der Waals surface area (Å²) in [5.41, 5.74) is 1.77. The molecule has 0 radical (unpaired) electrons. The Morgan fingerprint density at radius 2 is 2.07 bits per heavy atom. The molecule has 1 N–H and O–H groups in total. The fourth-order valence-electron chi connectivity index (χ4n) is 3.13. The van der Waals surface area contributed by atoms with Gasteiger partial charge in [0.05, 0.1) is 10.7 Å². The summed E-state index contributed by atoms with van der Waals surface area (Å²) in [7, 11) is -3.92. The summed E-state index contributed by atoms with van der Waals surface area (Å²) in [6, 6.07) is 11.6. The number of halogens is 1. The summed E-state index contributed by atoms with van der Waals surface area (Å²) >= 11 is 9.02. The molecule has 1 amide bonds. The van der Waals surface area contributed by atoms with Gasteiger partial charge in [-0.25, -0.2) is 8.42 Å². The number of thioether (sulfide) groups is 1. The summed E-state index contributed by atoms with van der Waals surface area (Å²) in [6.45, 7) is 2.33. The fourth-order valence-corrected chi connectivity index (χ4v) is 6.78. The van der Waals surface area contributed by atoms with Crippen molar-refractivity contribution in [3.63, 3.8) is 0 Å². The smallest absolute Gasteiger partial charge is 0.265 e. The number of rotatable bonds is 6. The van der Waals surface area contributed by atoms with Crippen LogP contribution >= 0.6 is 34.7 Å². The Morgan fingerprint density at radius 3 is 2.87 bits per heavy atom. The molecule has 11 heteroatoms. The highest BCUT2D eigenvalue weighted by Crippen LogP contribution is 2.35. The Labute approximate surface area is 187 Å². The molecule has 2 aromatic carbocycles. The number of para-hydroxylation sites is 1. The van der Waals surface area contributed by atoms with Gasteiger partial charge in [-0.2, -0.15) is 0 Å². The number of amides is 1. The molecule has 0 unspecified atom stereocenters. The number of benzene rings is 2. The second-order valence-corrected chi connectivity index (χ2v) is 11.1. The van der Waals surface area contributed by atoms with Gasteiger partial charge in [0.25, 0.3) is 15.9 Å². The van der Waals surface area contributed by atoms with Crippen molar-refractivity contribution in [1.82, 2.24) is 10.2 Å². The highest BCUT2D eigenvalue weighted by molar-refractivity contribution is 8.01. The molecule has 7 nitrogen and oxygen atoms in total. The zero-order valence-electron chi connectivity index (χ0n) is 15.8. The Hall–Kier alpha value is -2.14. The first kappa shape index (κ1) is 21.1. The average Bonchev–Trinajstić information content (AvgIpc) is 3.35. The van der Waals surface area contributed by atoms with Gasteiger partial charge in [0.15, 0.2) is 4.34 Å². The minimum absolute atomic E-state index is 0.0634. The van der Waals surface area contributed by atoms with E-state index in [4.69, 9.17) is 11.6 Å². The van der Waals surface area contributed by atoms with E-state index in [2.05, 4.69) is 15.5 Å². The Balaban J connectivity index is 1.62. The average molecular weight is 481 g/mol. The first-order valence-corrected chi connectivity index (χ1v) is 12.7. The molecule has 156 valence electrons. The standard InChI is InChI=1S/C19H17ClN4O3S3/c1-2-28-19-23-22-18(29-19)21-17(25)13-7-8-14(20)16(11-13)30(26,27)24-10-9-12-5-3-4-6-15(12)24/h3-8,11H,2,9-10H2,1H3,(H,21,22,25). The van der Waals surface area contributed by atoms with Crippen molar-refractivity contribution >= 4 is 61.4 Å². The lowest BCUT2D eigenvalue weighted by Crippen LogP contribution is -2.29. The summed E-state index contributed by atoms with van der Waals surface area (Å²) in [5.74, 6) is 0.370. The normalized spacial score (nSPS) is 13.3. The van der Waals surface area contributed by atoms with E-state index in [0.29, 0.717) is 23.8 Å². The predicted molar refractivity (Wildman–Crippen MR) is 120 cm³/mol. The van der Waals surface area contributed by atoms with Crippen molar-refractivity contribution in [3.05, 3.63) is 58.6 Å². The molecule has 1 aromatic heterocycles. The SMILES string of the molecule is CCSc1nnc(NC(=O)c2ccc(Cl)c(S(=O)(=O)N3CCc4ccccc43)c2)s1. The first-order chi connectivity index (χ1) is 14.4. The largest absolute Gasteiger partial charge is 0.296 e. The van der Waals surface area contributed by atoms with Gasteiger partial charge in [-0.15, -0.1) is 10.2 Å². The number of hydrogen-bond acceptors (Lipinski definition) is 7. The maximum absolute atomic E-state index is 13.3. The molecule has 0 aliphatic carbocycles. The third-order valence-electron chi connectivity index (χ3n) is 4.50. The molecule has 0 atom stereocenters. The van der Waals surface area contributed by atoms with Gasteiger partial charge in [-0.1, -0.05) is 59.8 Å². The predicted octanol–water partition coefficient (Wildman–Crippen LogP) is 4.31. The van der Waals surface area contributed by atoms with Crippen LogP contribution in [-0.2, 0) is 16.4 Å².